The Bertz CT molecular complexity index is 1190. The summed E-state index contributed by atoms with van der Waals surface area (Å²) >= 11 is 12.1. The zero-order valence-electron chi connectivity index (χ0n) is 17.4. The number of para-hydroxylation sites is 1. The molecule has 1 aliphatic rings. The number of halogens is 5. The normalized spacial score (nSPS) is 14.8. The van der Waals surface area contributed by atoms with E-state index in [0.717, 1.165) is 41.1 Å². The lowest BCUT2D eigenvalue weighted by Crippen LogP contribution is -2.34. The van der Waals surface area contributed by atoms with Crippen LogP contribution in [-0.2, 0) is 6.18 Å². The van der Waals surface area contributed by atoms with Gasteiger partial charge in [-0.05, 0) is 54.1 Å². The first-order valence-electron chi connectivity index (χ1n) is 9.87. The van der Waals surface area contributed by atoms with Gasteiger partial charge < -0.3 is 10.6 Å². The van der Waals surface area contributed by atoms with Crippen LogP contribution in [0.5, 0.6) is 0 Å². The molecule has 0 aliphatic carbocycles. The van der Waals surface area contributed by atoms with Crippen molar-refractivity contribution in [3.8, 4) is 0 Å². The molecule has 11 heteroatoms. The van der Waals surface area contributed by atoms with Crippen LogP contribution in [0.15, 0.2) is 66.7 Å². The quantitative estimate of drug-likeness (QED) is 0.181. The van der Waals surface area contributed by atoms with Gasteiger partial charge in [0.25, 0.3) is 0 Å². The molecule has 1 aliphatic heterocycles. The highest BCUT2D eigenvalue weighted by Gasteiger charge is 2.30. The lowest BCUT2D eigenvalue weighted by molar-refractivity contribution is -0.137. The van der Waals surface area contributed by atoms with E-state index in [9.17, 15) is 22.8 Å². The van der Waals surface area contributed by atoms with Crippen LogP contribution in [0.4, 0.5) is 29.3 Å². The number of anilines is 2. The van der Waals surface area contributed by atoms with E-state index in [4.69, 9.17) is 29.0 Å². The Morgan fingerprint density at radius 3 is 2.32 bits per heavy atom. The molecule has 6 nitrogen and oxygen atoms in total. The average Bonchev–Trinajstić information content (AvgIpc) is 2.79. The lowest BCUT2D eigenvalue weighted by Gasteiger charge is -2.27. The third-order valence-corrected chi connectivity index (χ3v) is 5.45. The third-order valence-electron chi connectivity index (χ3n) is 4.89. The molecule has 0 aromatic heterocycles. The lowest BCUT2D eigenvalue weighted by atomic mass is 9.92. The fraction of sp³-hybridized carbons (Fsp3) is 0.130. The Morgan fingerprint density at radius 2 is 1.71 bits per heavy atom. The van der Waals surface area contributed by atoms with Crippen molar-refractivity contribution in [1.29, 1.82) is 0 Å². The van der Waals surface area contributed by atoms with Gasteiger partial charge in [-0.2, -0.15) is 13.2 Å². The van der Waals surface area contributed by atoms with Crippen LogP contribution in [0.1, 0.15) is 33.9 Å². The average molecular weight is 511 g/mol. The summed E-state index contributed by atoms with van der Waals surface area (Å²) < 4.78 is 36.4. The van der Waals surface area contributed by atoms with Crippen molar-refractivity contribution < 1.29 is 22.8 Å². The zero-order chi connectivity index (χ0) is 24.9. The van der Waals surface area contributed by atoms with Gasteiger partial charge in [-0.1, -0.05) is 41.4 Å². The van der Waals surface area contributed by atoms with Crippen molar-refractivity contribution in [3.63, 3.8) is 0 Å². The Hall–Kier alpha value is -3.27. The Labute approximate surface area is 203 Å². The maximum absolute atomic E-state index is 12.1. The highest BCUT2D eigenvalue weighted by molar-refractivity contribution is 6.35. The highest BCUT2D eigenvalue weighted by atomic mass is 35.5. The summed E-state index contributed by atoms with van der Waals surface area (Å²) in [4.78, 5) is 22.8. The minimum absolute atomic E-state index is 0.104. The second-order valence-corrected chi connectivity index (χ2v) is 8.05. The van der Waals surface area contributed by atoms with Gasteiger partial charge in [0.1, 0.15) is 0 Å². The number of alkyl halides is 3. The molecule has 1 heterocycles. The van der Waals surface area contributed by atoms with Gasteiger partial charge >= 0.3 is 12.2 Å². The van der Waals surface area contributed by atoms with Crippen molar-refractivity contribution in [2.75, 3.05) is 10.6 Å². The molecule has 0 fully saturated rings. The summed E-state index contributed by atoms with van der Waals surface area (Å²) in [5, 5.41) is 6.76. The SMILES string of the molecule is NNC(=O)Nc1ccc(C(F)(F)F)cc1.O=C1CC(c2ccc(Cl)cc2Cl)Nc2ccccc21. The number of hydrogen-bond acceptors (Lipinski definition) is 4. The molecule has 1 unspecified atom stereocenters. The monoisotopic (exact) mass is 510 g/mol. The predicted molar refractivity (Wildman–Crippen MR) is 126 cm³/mol. The fourth-order valence-corrected chi connectivity index (χ4v) is 3.81. The zero-order valence-corrected chi connectivity index (χ0v) is 18.9. The second kappa shape index (κ2) is 10.8. The number of nitrogens with one attached hydrogen (secondary N) is 3. The Morgan fingerprint density at radius 1 is 1.03 bits per heavy atom. The van der Waals surface area contributed by atoms with Crippen LogP contribution in [0.3, 0.4) is 0 Å². The van der Waals surface area contributed by atoms with Gasteiger partial charge in [-0.3, -0.25) is 10.2 Å². The minimum atomic E-state index is -4.38. The molecule has 0 bridgehead atoms. The first-order valence-corrected chi connectivity index (χ1v) is 10.6. The van der Waals surface area contributed by atoms with Gasteiger partial charge in [0.2, 0.25) is 0 Å². The number of Topliss-reactive ketones (excluding diaryl/α,β-unsaturated/α-hetero) is 1. The molecular weight excluding hydrogens is 492 g/mol. The number of fused-ring (bicyclic) bond motifs is 1. The number of hydrazine groups is 1. The summed E-state index contributed by atoms with van der Waals surface area (Å²) in [6, 6.07) is 16.1. The van der Waals surface area contributed by atoms with Crippen molar-refractivity contribution in [2.45, 2.75) is 18.6 Å². The number of hydrogen-bond donors (Lipinski definition) is 4. The van der Waals surface area contributed by atoms with Gasteiger partial charge in [0, 0.05) is 33.4 Å². The summed E-state index contributed by atoms with van der Waals surface area (Å²) in [5.41, 5.74) is 3.73. The molecule has 2 amide bonds. The van der Waals surface area contributed by atoms with Crippen molar-refractivity contribution >= 4 is 46.4 Å². The van der Waals surface area contributed by atoms with Crippen LogP contribution in [0, 0.1) is 0 Å². The molecule has 3 aromatic rings. The number of benzene rings is 3. The standard InChI is InChI=1S/C15H11Cl2NO.C8H8F3N3O/c16-9-5-6-10(12(17)7-9)14-8-15(19)11-3-1-2-4-13(11)18-14;9-8(10,11)5-1-3-6(4-2-5)13-7(15)14-12/h1-7,14,18H,8H2;1-4H,12H2,(H2,13,14,15). The van der Waals surface area contributed by atoms with E-state index < -0.39 is 17.8 Å². The maximum Gasteiger partial charge on any atom is 0.416 e. The van der Waals surface area contributed by atoms with Crippen LogP contribution in [0.25, 0.3) is 0 Å². The van der Waals surface area contributed by atoms with Crippen molar-refractivity contribution in [2.24, 2.45) is 5.84 Å². The molecule has 3 aromatic carbocycles. The number of ketones is 1. The molecule has 34 heavy (non-hydrogen) atoms. The van der Waals surface area contributed by atoms with E-state index in [-0.39, 0.29) is 17.5 Å². The number of nitrogens with two attached hydrogens (primary N) is 1. The first-order chi connectivity index (χ1) is 16.1. The smallest absolute Gasteiger partial charge is 0.377 e. The van der Waals surface area contributed by atoms with E-state index in [1.54, 1.807) is 17.6 Å². The number of rotatable bonds is 2. The van der Waals surface area contributed by atoms with Crippen LogP contribution in [0.2, 0.25) is 10.0 Å². The molecule has 178 valence electrons. The third kappa shape index (κ3) is 6.40. The first kappa shape index (κ1) is 25.4. The number of carbonyl (C=O) groups is 2. The summed E-state index contributed by atoms with van der Waals surface area (Å²) in [7, 11) is 0. The number of carbonyl (C=O) groups excluding carboxylic acids is 2. The summed E-state index contributed by atoms with van der Waals surface area (Å²) in [6.45, 7) is 0. The number of urea groups is 1. The van der Waals surface area contributed by atoms with Crippen LogP contribution in [-0.4, -0.2) is 11.8 Å². The van der Waals surface area contributed by atoms with Gasteiger partial charge in [0.05, 0.1) is 11.6 Å². The van der Waals surface area contributed by atoms with E-state index in [2.05, 4.69) is 10.6 Å². The van der Waals surface area contributed by atoms with Gasteiger partial charge in [-0.15, -0.1) is 0 Å². The molecule has 5 N–H and O–H groups in total. The maximum atomic E-state index is 12.1. The van der Waals surface area contributed by atoms with Crippen LogP contribution >= 0.6 is 23.2 Å². The van der Waals surface area contributed by atoms with E-state index in [0.29, 0.717) is 16.5 Å². The Balaban J connectivity index is 0.000000197. The fourth-order valence-electron chi connectivity index (χ4n) is 3.27. The van der Waals surface area contributed by atoms with E-state index in [1.165, 1.54) is 0 Å². The molecule has 0 saturated heterocycles. The highest BCUT2D eigenvalue weighted by Crippen LogP contribution is 2.36. The Kier molecular flexibility index (Phi) is 8.03. The summed E-state index contributed by atoms with van der Waals surface area (Å²) in [5.74, 6) is 4.91. The summed E-state index contributed by atoms with van der Waals surface area (Å²) in [6.07, 6.45) is -3.98. The second-order valence-electron chi connectivity index (χ2n) is 7.21. The molecule has 4 rings (SSSR count). The van der Waals surface area contributed by atoms with Crippen LogP contribution < -0.4 is 21.9 Å². The molecule has 0 radical (unpaired) electrons. The van der Waals surface area contributed by atoms with E-state index in [1.807, 2.05) is 30.3 Å². The number of amides is 2. The molecule has 0 saturated carbocycles. The largest absolute Gasteiger partial charge is 0.416 e. The van der Waals surface area contributed by atoms with Crippen molar-refractivity contribution in [3.05, 3.63) is 93.5 Å². The van der Waals surface area contributed by atoms with Gasteiger partial charge in [-0.25, -0.2) is 10.6 Å². The van der Waals surface area contributed by atoms with Crippen molar-refractivity contribution in [1.82, 2.24) is 5.43 Å². The molecular formula is C23H19Cl2F3N4O2. The topological polar surface area (TPSA) is 96.2 Å². The molecule has 1 atom stereocenters. The minimum Gasteiger partial charge on any atom is -0.377 e. The van der Waals surface area contributed by atoms with Gasteiger partial charge in [0.15, 0.2) is 5.78 Å². The molecule has 0 spiro atoms. The van der Waals surface area contributed by atoms with E-state index >= 15 is 0 Å². The predicted octanol–water partition coefficient (Wildman–Crippen LogP) is 6.43.